The molecule has 1 aliphatic rings. The lowest BCUT2D eigenvalue weighted by molar-refractivity contribution is -0.134. The van der Waals surface area contributed by atoms with Crippen LogP contribution in [-0.4, -0.2) is 55.7 Å². The van der Waals surface area contributed by atoms with Crippen molar-refractivity contribution in [2.24, 2.45) is 0 Å². The molecule has 0 saturated carbocycles. The summed E-state index contributed by atoms with van der Waals surface area (Å²) in [5.74, 6) is -2.15. The quantitative estimate of drug-likeness (QED) is 0.877. The van der Waals surface area contributed by atoms with E-state index in [1.54, 1.807) is 0 Å². The Balaban J connectivity index is 2.01. The molecule has 20 heavy (non-hydrogen) atoms. The van der Waals surface area contributed by atoms with E-state index in [9.17, 15) is 13.2 Å². The summed E-state index contributed by atoms with van der Waals surface area (Å²) in [6.07, 6.45) is 0. The maximum Gasteiger partial charge on any atom is 0.320 e. The first-order chi connectivity index (χ1) is 9.38. The van der Waals surface area contributed by atoms with Crippen molar-refractivity contribution in [1.29, 1.82) is 0 Å². The van der Waals surface area contributed by atoms with E-state index in [2.05, 4.69) is 11.0 Å². The van der Waals surface area contributed by atoms with E-state index in [1.807, 2.05) is 25.1 Å². The lowest BCUT2D eigenvalue weighted by Crippen LogP contribution is -2.50. The summed E-state index contributed by atoms with van der Waals surface area (Å²) in [6.45, 7) is 3.80. The van der Waals surface area contributed by atoms with Crippen LogP contribution in [0.25, 0.3) is 0 Å². The van der Waals surface area contributed by atoms with Crippen LogP contribution in [0.1, 0.15) is 5.56 Å². The fourth-order valence-electron chi connectivity index (χ4n) is 2.30. The Morgan fingerprint density at radius 2 is 1.90 bits per heavy atom. The molecule has 2 rings (SSSR count). The second kappa shape index (κ2) is 5.80. The molecule has 110 valence electrons. The predicted molar refractivity (Wildman–Crippen MR) is 76.4 cm³/mol. The zero-order chi connectivity index (χ0) is 14.8. The maximum absolute atomic E-state index is 11.8. The number of piperazine rings is 1. The van der Waals surface area contributed by atoms with Crippen LogP contribution in [0.5, 0.6) is 0 Å². The highest BCUT2D eigenvalue weighted by molar-refractivity contribution is 7.89. The van der Waals surface area contributed by atoms with E-state index in [4.69, 9.17) is 5.11 Å². The number of benzene rings is 1. The molecule has 0 bridgehead atoms. The summed E-state index contributed by atoms with van der Waals surface area (Å²) in [5.41, 5.74) is 2.23. The topological polar surface area (TPSA) is 77.9 Å². The van der Waals surface area contributed by atoms with Crippen molar-refractivity contribution >= 4 is 21.7 Å². The first-order valence-electron chi connectivity index (χ1n) is 6.40. The van der Waals surface area contributed by atoms with Gasteiger partial charge in [-0.05, 0) is 24.6 Å². The van der Waals surface area contributed by atoms with Crippen LogP contribution in [0.15, 0.2) is 24.3 Å². The van der Waals surface area contributed by atoms with Crippen molar-refractivity contribution < 1.29 is 18.3 Å². The van der Waals surface area contributed by atoms with E-state index in [0.717, 1.165) is 11.3 Å². The van der Waals surface area contributed by atoms with Gasteiger partial charge in [-0.25, -0.2) is 8.42 Å². The summed E-state index contributed by atoms with van der Waals surface area (Å²) >= 11 is 0. The molecule has 0 aliphatic carbocycles. The molecule has 1 aromatic rings. The second-order valence-corrected chi connectivity index (χ2v) is 6.84. The Labute approximate surface area is 118 Å². The van der Waals surface area contributed by atoms with Gasteiger partial charge in [0, 0.05) is 31.9 Å². The molecule has 1 fully saturated rings. The Morgan fingerprint density at radius 1 is 1.25 bits per heavy atom. The molecular formula is C13H18N2O4S. The predicted octanol–water partition coefficient (Wildman–Crippen LogP) is 0.531. The molecule has 1 heterocycles. The summed E-state index contributed by atoms with van der Waals surface area (Å²) in [7, 11) is -3.69. The average Bonchev–Trinajstić information content (AvgIpc) is 2.37. The third kappa shape index (κ3) is 3.49. The molecule has 0 radical (unpaired) electrons. The third-order valence-corrected chi connectivity index (χ3v) is 5.07. The van der Waals surface area contributed by atoms with Gasteiger partial charge in [0.2, 0.25) is 10.0 Å². The summed E-state index contributed by atoms with van der Waals surface area (Å²) < 4.78 is 24.9. The zero-order valence-electron chi connectivity index (χ0n) is 11.3. The minimum atomic E-state index is -3.69. The molecule has 0 unspecified atom stereocenters. The minimum absolute atomic E-state index is 0.323. The van der Waals surface area contributed by atoms with Gasteiger partial charge in [0.25, 0.3) is 0 Å². The van der Waals surface area contributed by atoms with Crippen molar-refractivity contribution in [2.45, 2.75) is 6.92 Å². The van der Waals surface area contributed by atoms with E-state index >= 15 is 0 Å². The SMILES string of the molecule is Cc1cccc(N2CCN(S(=O)(=O)CC(=O)O)CC2)c1. The van der Waals surface area contributed by atoms with Crippen molar-refractivity contribution in [3.05, 3.63) is 29.8 Å². The number of aryl methyl sites for hydroxylation is 1. The van der Waals surface area contributed by atoms with Crippen molar-refractivity contribution in [3.8, 4) is 0 Å². The molecule has 0 atom stereocenters. The smallest absolute Gasteiger partial charge is 0.320 e. The van der Waals surface area contributed by atoms with Crippen molar-refractivity contribution in [3.63, 3.8) is 0 Å². The Morgan fingerprint density at radius 3 is 2.45 bits per heavy atom. The fourth-order valence-corrected chi connectivity index (χ4v) is 3.51. The molecule has 7 heteroatoms. The van der Waals surface area contributed by atoms with Gasteiger partial charge in [-0.3, -0.25) is 4.79 Å². The second-order valence-electron chi connectivity index (χ2n) is 4.88. The normalized spacial score (nSPS) is 17.1. The van der Waals surface area contributed by atoms with Gasteiger partial charge in [-0.2, -0.15) is 4.31 Å². The fraction of sp³-hybridized carbons (Fsp3) is 0.462. The monoisotopic (exact) mass is 298 g/mol. The lowest BCUT2D eigenvalue weighted by Gasteiger charge is -2.35. The van der Waals surface area contributed by atoms with Gasteiger partial charge < -0.3 is 10.0 Å². The first-order valence-corrected chi connectivity index (χ1v) is 8.00. The largest absolute Gasteiger partial charge is 0.480 e. The lowest BCUT2D eigenvalue weighted by atomic mass is 10.2. The molecule has 1 aliphatic heterocycles. The van der Waals surface area contributed by atoms with Crippen LogP contribution in [-0.2, 0) is 14.8 Å². The number of sulfonamides is 1. The van der Waals surface area contributed by atoms with Gasteiger partial charge in [0.15, 0.2) is 5.75 Å². The van der Waals surface area contributed by atoms with E-state index in [-0.39, 0.29) is 0 Å². The first kappa shape index (κ1) is 14.8. The molecule has 1 N–H and O–H groups in total. The number of carboxylic acids is 1. The molecule has 0 aromatic heterocycles. The van der Waals surface area contributed by atoms with Crippen LogP contribution in [0.4, 0.5) is 5.69 Å². The van der Waals surface area contributed by atoms with Gasteiger partial charge in [-0.15, -0.1) is 0 Å². The number of hydrogen-bond donors (Lipinski definition) is 1. The van der Waals surface area contributed by atoms with E-state index < -0.39 is 21.7 Å². The maximum atomic E-state index is 11.8. The van der Waals surface area contributed by atoms with Crippen molar-refractivity contribution in [2.75, 3.05) is 36.8 Å². The van der Waals surface area contributed by atoms with Gasteiger partial charge in [0.1, 0.15) is 0 Å². The average molecular weight is 298 g/mol. The van der Waals surface area contributed by atoms with E-state index in [0.29, 0.717) is 26.2 Å². The Kier molecular flexibility index (Phi) is 4.29. The molecule has 0 amide bonds. The summed E-state index contributed by atoms with van der Waals surface area (Å²) in [6, 6.07) is 8.03. The molecule has 0 spiro atoms. The molecule has 6 nitrogen and oxygen atoms in total. The number of anilines is 1. The number of aliphatic carboxylic acids is 1. The highest BCUT2D eigenvalue weighted by Gasteiger charge is 2.28. The van der Waals surface area contributed by atoms with E-state index in [1.165, 1.54) is 4.31 Å². The molecule has 1 aromatic carbocycles. The number of carbonyl (C=O) groups is 1. The molecule has 1 saturated heterocycles. The highest BCUT2D eigenvalue weighted by Crippen LogP contribution is 2.18. The third-order valence-electron chi connectivity index (χ3n) is 3.30. The van der Waals surface area contributed by atoms with Crippen LogP contribution in [0, 0.1) is 6.92 Å². The zero-order valence-corrected chi connectivity index (χ0v) is 12.1. The van der Waals surface area contributed by atoms with Gasteiger partial charge in [-0.1, -0.05) is 12.1 Å². The number of carboxylic acid groups (broad SMARTS) is 1. The standard InChI is InChI=1S/C13H18N2O4S/c1-11-3-2-4-12(9-11)14-5-7-15(8-6-14)20(18,19)10-13(16)17/h2-4,9H,5-8,10H2,1H3,(H,16,17). The van der Waals surface area contributed by atoms with Crippen LogP contribution in [0.3, 0.4) is 0 Å². The van der Waals surface area contributed by atoms with Crippen LogP contribution in [0.2, 0.25) is 0 Å². The number of hydrogen-bond acceptors (Lipinski definition) is 4. The molecular weight excluding hydrogens is 280 g/mol. The van der Waals surface area contributed by atoms with Crippen molar-refractivity contribution in [1.82, 2.24) is 4.31 Å². The van der Waals surface area contributed by atoms with Gasteiger partial charge >= 0.3 is 5.97 Å². The summed E-state index contributed by atoms with van der Waals surface area (Å²) in [4.78, 5) is 12.7. The Bertz CT molecular complexity index is 592. The minimum Gasteiger partial charge on any atom is -0.480 e. The van der Waals surface area contributed by atoms with Gasteiger partial charge in [0.05, 0.1) is 0 Å². The van der Waals surface area contributed by atoms with Crippen LogP contribution >= 0.6 is 0 Å². The van der Waals surface area contributed by atoms with Crippen LogP contribution < -0.4 is 4.90 Å². The number of nitrogens with zero attached hydrogens (tertiary/aromatic N) is 2. The highest BCUT2D eigenvalue weighted by atomic mass is 32.2. The Hall–Kier alpha value is -1.60. The summed E-state index contributed by atoms with van der Waals surface area (Å²) in [5, 5.41) is 8.62. The number of rotatable bonds is 4.